The summed E-state index contributed by atoms with van der Waals surface area (Å²) in [6.07, 6.45) is 6.85. The van der Waals surface area contributed by atoms with E-state index in [1.54, 1.807) is 29.4 Å². The predicted octanol–water partition coefficient (Wildman–Crippen LogP) is 2.83. The maximum Gasteiger partial charge on any atom is 0.260 e. The van der Waals surface area contributed by atoms with Gasteiger partial charge in [0, 0.05) is 37.1 Å². The average molecular weight is 381 g/mol. The summed E-state index contributed by atoms with van der Waals surface area (Å²) in [6, 6.07) is 11.4. The van der Waals surface area contributed by atoms with Crippen molar-refractivity contribution in [1.82, 2.24) is 15.2 Å². The van der Waals surface area contributed by atoms with E-state index in [0.29, 0.717) is 24.4 Å². The number of carbonyl (C=O) groups excluding carboxylic acids is 2. The number of nitrogens with zero attached hydrogens (tertiary/aromatic N) is 2. The normalized spacial score (nSPS) is 14.5. The molecule has 6 heteroatoms. The highest BCUT2D eigenvalue weighted by molar-refractivity contribution is 5.94. The molecule has 0 bridgehead atoms. The lowest BCUT2D eigenvalue weighted by Gasteiger charge is -2.32. The van der Waals surface area contributed by atoms with Crippen LogP contribution in [0.1, 0.15) is 42.1 Å². The van der Waals surface area contributed by atoms with E-state index in [2.05, 4.69) is 17.2 Å². The third kappa shape index (κ3) is 5.55. The van der Waals surface area contributed by atoms with Crippen molar-refractivity contribution in [3.63, 3.8) is 0 Å². The number of benzene rings is 1. The number of carbonyl (C=O) groups is 2. The lowest BCUT2D eigenvalue weighted by Crippen LogP contribution is -2.47. The molecule has 2 amide bonds. The van der Waals surface area contributed by atoms with E-state index in [0.717, 1.165) is 25.7 Å². The molecule has 1 aliphatic rings. The minimum Gasteiger partial charge on any atom is -0.484 e. The number of hydrogen-bond acceptors (Lipinski definition) is 4. The van der Waals surface area contributed by atoms with Crippen molar-refractivity contribution >= 4 is 11.8 Å². The first kappa shape index (κ1) is 19.9. The van der Waals surface area contributed by atoms with Crippen LogP contribution in [-0.2, 0) is 11.2 Å². The first-order valence-corrected chi connectivity index (χ1v) is 9.86. The van der Waals surface area contributed by atoms with Gasteiger partial charge in [0.05, 0.1) is 0 Å². The van der Waals surface area contributed by atoms with Crippen molar-refractivity contribution in [2.24, 2.45) is 0 Å². The molecular weight excluding hydrogens is 354 g/mol. The maximum atomic E-state index is 12.4. The summed E-state index contributed by atoms with van der Waals surface area (Å²) in [4.78, 5) is 30.3. The van der Waals surface area contributed by atoms with E-state index < -0.39 is 0 Å². The lowest BCUT2D eigenvalue weighted by atomic mass is 10.0. The Bertz CT molecular complexity index is 769. The lowest BCUT2D eigenvalue weighted by molar-refractivity contribution is -0.134. The molecule has 1 saturated heterocycles. The smallest absolute Gasteiger partial charge is 0.260 e. The number of amides is 2. The van der Waals surface area contributed by atoms with Gasteiger partial charge in [-0.2, -0.15) is 0 Å². The zero-order valence-electron chi connectivity index (χ0n) is 16.3. The fourth-order valence-corrected chi connectivity index (χ4v) is 3.32. The highest BCUT2D eigenvalue weighted by Gasteiger charge is 2.24. The molecule has 2 aromatic rings. The zero-order valence-corrected chi connectivity index (χ0v) is 16.3. The molecule has 6 nitrogen and oxygen atoms in total. The molecule has 1 aromatic carbocycles. The quantitative estimate of drug-likeness (QED) is 0.801. The second kappa shape index (κ2) is 9.88. The van der Waals surface area contributed by atoms with Crippen LogP contribution in [0.25, 0.3) is 0 Å². The molecular formula is C22H27N3O3. The second-order valence-electron chi connectivity index (χ2n) is 7.05. The van der Waals surface area contributed by atoms with Crippen LogP contribution in [-0.4, -0.2) is 47.4 Å². The number of rotatable bonds is 7. The van der Waals surface area contributed by atoms with Gasteiger partial charge in [0.15, 0.2) is 6.61 Å². The number of pyridine rings is 1. The number of likely N-dealkylation sites (tertiary alicyclic amines) is 1. The molecule has 1 fully saturated rings. The molecule has 28 heavy (non-hydrogen) atoms. The number of aromatic nitrogens is 1. The van der Waals surface area contributed by atoms with Gasteiger partial charge >= 0.3 is 0 Å². The zero-order chi connectivity index (χ0) is 19.8. The van der Waals surface area contributed by atoms with Gasteiger partial charge in [0.2, 0.25) is 0 Å². The Morgan fingerprint density at radius 3 is 2.43 bits per heavy atom. The Balaban J connectivity index is 1.40. The molecule has 0 spiro atoms. The fourth-order valence-electron chi connectivity index (χ4n) is 3.32. The minimum absolute atomic E-state index is 0.0171. The van der Waals surface area contributed by atoms with Crippen LogP contribution in [0.3, 0.4) is 0 Å². The molecule has 3 rings (SSSR count). The maximum absolute atomic E-state index is 12.4. The average Bonchev–Trinajstić information content (AvgIpc) is 2.74. The van der Waals surface area contributed by atoms with E-state index in [9.17, 15) is 9.59 Å². The van der Waals surface area contributed by atoms with Crippen molar-refractivity contribution in [1.29, 1.82) is 0 Å². The van der Waals surface area contributed by atoms with Crippen molar-refractivity contribution in [3.05, 3.63) is 59.9 Å². The standard InChI is InChI=1S/C22H27N3O3/c1-2-3-17-4-6-20(7-5-17)28-16-21(26)25-14-10-19(11-15-25)24-22(27)18-8-12-23-13-9-18/h4-9,12-13,19H,2-3,10-11,14-16H2,1H3,(H,24,27). The van der Waals surface area contributed by atoms with Gasteiger partial charge in [-0.15, -0.1) is 0 Å². The van der Waals surface area contributed by atoms with Crippen molar-refractivity contribution < 1.29 is 14.3 Å². The van der Waals surface area contributed by atoms with Crippen molar-refractivity contribution in [2.75, 3.05) is 19.7 Å². The van der Waals surface area contributed by atoms with Crippen molar-refractivity contribution in [2.45, 2.75) is 38.6 Å². The van der Waals surface area contributed by atoms with Crippen LogP contribution < -0.4 is 10.1 Å². The van der Waals surface area contributed by atoms with Gasteiger partial charge in [0.25, 0.3) is 11.8 Å². The van der Waals surface area contributed by atoms with E-state index in [-0.39, 0.29) is 24.5 Å². The molecule has 0 radical (unpaired) electrons. The number of piperidine rings is 1. The predicted molar refractivity (Wildman–Crippen MR) is 107 cm³/mol. The monoisotopic (exact) mass is 381 g/mol. The Hall–Kier alpha value is -2.89. The molecule has 1 N–H and O–H groups in total. The Labute approximate surface area is 165 Å². The summed E-state index contributed by atoms with van der Waals surface area (Å²) in [5.74, 6) is 0.603. The van der Waals surface area contributed by atoms with Gasteiger partial charge in [-0.05, 0) is 49.1 Å². The molecule has 148 valence electrons. The number of aryl methyl sites for hydroxylation is 1. The van der Waals surface area contributed by atoms with Crippen LogP contribution in [0, 0.1) is 0 Å². The highest BCUT2D eigenvalue weighted by atomic mass is 16.5. The number of nitrogens with one attached hydrogen (secondary N) is 1. The van der Waals surface area contributed by atoms with E-state index >= 15 is 0 Å². The first-order chi connectivity index (χ1) is 13.7. The van der Waals surface area contributed by atoms with Crippen LogP contribution in [0.15, 0.2) is 48.8 Å². The topological polar surface area (TPSA) is 71.5 Å². The van der Waals surface area contributed by atoms with E-state index in [1.807, 2.05) is 24.3 Å². The summed E-state index contributed by atoms with van der Waals surface area (Å²) >= 11 is 0. The van der Waals surface area contributed by atoms with E-state index in [4.69, 9.17) is 4.74 Å². The van der Waals surface area contributed by atoms with Gasteiger partial charge in [-0.25, -0.2) is 0 Å². The summed E-state index contributed by atoms with van der Waals surface area (Å²) in [6.45, 7) is 3.44. The minimum atomic E-state index is -0.0953. The first-order valence-electron chi connectivity index (χ1n) is 9.86. The van der Waals surface area contributed by atoms with Gasteiger partial charge in [0.1, 0.15) is 5.75 Å². The SMILES string of the molecule is CCCc1ccc(OCC(=O)N2CCC(NC(=O)c3ccncc3)CC2)cc1. The molecule has 2 heterocycles. The Morgan fingerprint density at radius 2 is 1.79 bits per heavy atom. The second-order valence-corrected chi connectivity index (χ2v) is 7.05. The number of hydrogen-bond donors (Lipinski definition) is 1. The summed E-state index contributed by atoms with van der Waals surface area (Å²) in [7, 11) is 0. The van der Waals surface area contributed by atoms with Crippen molar-refractivity contribution in [3.8, 4) is 5.75 Å². The third-order valence-electron chi connectivity index (χ3n) is 4.95. The molecule has 0 atom stereocenters. The summed E-state index contributed by atoms with van der Waals surface area (Å²) < 4.78 is 5.64. The van der Waals surface area contributed by atoms with E-state index in [1.165, 1.54) is 5.56 Å². The fraction of sp³-hybridized carbons (Fsp3) is 0.409. The van der Waals surface area contributed by atoms with Crippen LogP contribution in [0.2, 0.25) is 0 Å². The van der Waals surface area contributed by atoms with Crippen LogP contribution in [0.4, 0.5) is 0 Å². The highest BCUT2D eigenvalue weighted by Crippen LogP contribution is 2.15. The molecule has 0 unspecified atom stereocenters. The molecule has 0 saturated carbocycles. The van der Waals surface area contributed by atoms with Crippen LogP contribution in [0.5, 0.6) is 5.75 Å². The Morgan fingerprint density at radius 1 is 1.11 bits per heavy atom. The van der Waals surface area contributed by atoms with Gasteiger partial charge < -0.3 is 15.0 Å². The van der Waals surface area contributed by atoms with Gasteiger partial charge in [-0.1, -0.05) is 25.5 Å². The third-order valence-corrected chi connectivity index (χ3v) is 4.95. The largest absolute Gasteiger partial charge is 0.484 e. The summed E-state index contributed by atoms with van der Waals surface area (Å²) in [5, 5.41) is 3.03. The summed E-state index contributed by atoms with van der Waals surface area (Å²) in [5.41, 5.74) is 1.88. The molecule has 1 aromatic heterocycles. The van der Waals surface area contributed by atoms with Gasteiger partial charge in [-0.3, -0.25) is 14.6 Å². The molecule has 1 aliphatic heterocycles. The molecule has 0 aliphatic carbocycles. The number of ether oxygens (including phenoxy) is 1. The Kier molecular flexibility index (Phi) is 7.00. The van der Waals surface area contributed by atoms with Crippen LogP contribution >= 0.6 is 0 Å².